The number of aromatic carboxylic acids is 1. The number of carboxylic acids is 1. The van der Waals surface area contributed by atoms with Crippen LogP contribution in [0, 0.1) is 0 Å². The molecular weight excluding hydrogens is 811 g/mol. The van der Waals surface area contributed by atoms with E-state index in [9.17, 15) is 9.90 Å². The molecule has 12 nitrogen and oxygen atoms in total. The Hall–Kier alpha value is -1.77. The van der Waals surface area contributed by atoms with Crippen LogP contribution in [-0.2, 0) is 9.68 Å². The predicted molar refractivity (Wildman–Crippen MR) is 245 cm³/mol. The second-order valence-electron chi connectivity index (χ2n) is 21.2. The van der Waals surface area contributed by atoms with Crippen LogP contribution >= 0.6 is 11.6 Å². The number of nitrogens with zero attached hydrogens (tertiary/aromatic N) is 7. The third-order valence-corrected chi connectivity index (χ3v) is 14.0. The summed E-state index contributed by atoms with van der Waals surface area (Å²) in [6.07, 6.45) is 20.0. The molecular formula is C48H78ClN8NaO4. The predicted octanol–water partition coefficient (Wildman–Crippen LogP) is 7.42. The van der Waals surface area contributed by atoms with Crippen molar-refractivity contribution in [3.05, 3.63) is 28.8 Å². The Balaban J connectivity index is 0.00000726. The van der Waals surface area contributed by atoms with Crippen LogP contribution in [0.2, 0.25) is 5.02 Å². The van der Waals surface area contributed by atoms with Crippen molar-refractivity contribution in [2.75, 3.05) is 28.2 Å². The summed E-state index contributed by atoms with van der Waals surface area (Å²) in [6.45, 7) is 24.6. The first-order valence-electron chi connectivity index (χ1n) is 23.8. The third-order valence-electron chi connectivity index (χ3n) is 13.7. The third kappa shape index (κ3) is 12.6. The summed E-state index contributed by atoms with van der Waals surface area (Å²) in [5.41, 5.74) is -0.546. The molecule has 0 unspecified atom stereocenters. The number of hydroxylamine groups is 4. The first-order valence-corrected chi connectivity index (χ1v) is 24.2. The molecule has 4 aliphatic rings. The molecule has 0 atom stereocenters. The maximum atomic E-state index is 12.0. The topological polar surface area (TPSA) is 122 Å². The van der Waals surface area contributed by atoms with Crippen LogP contribution in [0.15, 0.2) is 18.2 Å². The molecule has 2 saturated carbocycles. The van der Waals surface area contributed by atoms with Crippen molar-refractivity contribution in [2.24, 2.45) is 0 Å². The van der Waals surface area contributed by atoms with Gasteiger partial charge in [0.1, 0.15) is 0 Å². The molecule has 2 aliphatic carbocycles. The van der Waals surface area contributed by atoms with E-state index in [-0.39, 0.29) is 86.6 Å². The summed E-state index contributed by atoms with van der Waals surface area (Å²) in [4.78, 5) is 46.6. The zero-order valence-electron chi connectivity index (χ0n) is 40.3. The van der Waals surface area contributed by atoms with E-state index in [1.54, 1.807) is 12.1 Å². The summed E-state index contributed by atoms with van der Waals surface area (Å²) in [7, 11) is 0. The van der Waals surface area contributed by atoms with E-state index in [2.05, 4.69) is 94.5 Å². The number of carbonyl (C=O) groups excluding carboxylic acids is 1. The van der Waals surface area contributed by atoms with Gasteiger partial charge in [-0.15, -0.1) is 0 Å². The van der Waals surface area contributed by atoms with Gasteiger partial charge in [-0.2, -0.15) is 25.1 Å². The van der Waals surface area contributed by atoms with Crippen LogP contribution < -0.4 is 49.8 Å². The fourth-order valence-electron chi connectivity index (χ4n) is 11.2. The molecule has 4 fully saturated rings. The van der Waals surface area contributed by atoms with Gasteiger partial charge in [0.15, 0.2) is 0 Å². The summed E-state index contributed by atoms with van der Waals surface area (Å²) in [6, 6.07) is 5.08. The number of aromatic nitrogens is 3. The zero-order valence-corrected chi connectivity index (χ0v) is 43.1. The van der Waals surface area contributed by atoms with Crippen molar-refractivity contribution in [2.45, 2.75) is 231 Å². The minimum Gasteiger partial charge on any atom is -0.545 e. The van der Waals surface area contributed by atoms with Crippen molar-refractivity contribution >= 4 is 41.1 Å². The first-order chi connectivity index (χ1) is 28.8. The van der Waals surface area contributed by atoms with Gasteiger partial charge in [0.2, 0.25) is 17.8 Å². The van der Waals surface area contributed by atoms with Crippen LogP contribution in [-0.4, -0.2) is 90.6 Å². The summed E-state index contributed by atoms with van der Waals surface area (Å²) in [5.74, 6) is 0.288. The molecule has 342 valence electrons. The number of piperidine rings is 2. The van der Waals surface area contributed by atoms with Gasteiger partial charge in [0.25, 0.3) is 0 Å². The Morgan fingerprint density at radius 2 is 1.11 bits per heavy atom. The Labute approximate surface area is 401 Å². The average Bonchev–Trinajstić information content (AvgIpc) is 3.19. The maximum absolute atomic E-state index is 12.0. The Morgan fingerprint density at radius 3 is 1.48 bits per heavy atom. The first kappa shape index (κ1) is 51.2. The number of hydrogen-bond acceptors (Lipinski definition) is 12. The quantitative estimate of drug-likeness (QED) is 0.159. The maximum Gasteiger partial charge on any atom is 1.00 e. The van der Waals surface area contributed by atoms with Crippen LogP contribution in [0.3, 0.4) is 0 Å². The van der Waals surface area contributed by atoms with E-state index in [0.29, 0.717) is 23.5 Å². The molecule has 1 N–H and O–H groups in total. The van der Waals surface area contributed by atoms with Crippen LogP contribution in [0.5, 0.6) is 0 Å². The number of anilines is 4. The van der Waals surface area contributed by atoms with Gasteiger partial charge in [-0.05, 0) is 138 Å². The van der Waals surface area contributed by atoms with Crippen molar-refractivity contribution in [3.8, 4) is 0 Å². The number of carboxylic acid groups (broad SMARTS) is 1. The number of hydrogen-bond donors (Lipinski definition) is 1. The molecule has 0 radical (unpaired) electrons. The van der Waals surface area contributed by atoms with Crippen molar-refractivity contribution in [3.63, 3.8) is 0 Å². The Bertz CT molecular complexity index is 1640. The minimum absolute atomic E-state index is 0. The number of nitrogens with one attached hydrogen (secondary N) is 1. The van der Waals surface area contributed by atoms with E-state index < -0.39 is 5.97 Å². The van der Waals surface area contributed by atoms with Gasteiger partial charge in [-0.1, -0.05) is 76.8 Å². The summed E-state index contributed by atoms with van der Waals surface area (Å²) < 4.78 is 0. The summed E-state index contributed by atoms with van der Waals surface area (Å²) in [5, 5.41) is 20.2. The Kier molecular flexibility index (Phi) is 17.9. The molecule has 62 heavy (non-hydrogen) atoms. The molecule has 2 aromatic rings. The van der Waals surface area contributed by atoms with Crippen LogP contribution in [0.4, 0.5) is 23.5 Å². The van der Waals surface area contributed by atoms with Crippen molar-refractivity contribution in [1.82, 2.24) is 25.1 Å². The molecule has 14 heteroatoms. The molecule has 0 amide bonds. The number of benzene rings is 1. The van der Waals surface area contributed by atoms with Gasteiger partial charge in [0.05, 0.1) is 18.2 Å². The zero-order chi connectivity index (χ0) is 44.2. The van der Waals surface area contributed by atoms with E-state index in [1.807, 2.05) is 0 Å². The van der Waals surface area contributed by atoms with E-state index in [0.717, 1.165) is 90.1 Å². The number of halogens is 1. The SMILES string of the molecule is CCCCN(c1nc(Nc2ccc(Cl)c(C(=O)[O-])c2)nc(N(CCCC)C2CC(C)(C)N(OC3CCCCC3)C(C)(C)C2)n1)C1CC(C)(C)N(OC2CCCCC2)C(C)(C)C1.[Na+]. The number of rotatable bonds is 17. The number of carbonyl (C=O) groups is 1. The largest absolute Gasteiger partial charge is 1.00 e. The molecule has 1 aromatic heterocycles. The van der Waals surface area contributed by atoms with Crippen LogP contribution in [0.1, 0.15) is 195 Å². The second kappa shape index (κ2) is 21.7. The molecule has 2 aliphatic heterocycles. The fraction of sp³-hybridized carbons (Fsp3) is 0.792. The molecule has 2 saturated heterocycles. The van der Waals surface area contributed by atoms with Crippen molar-refractivity contribution < 1.29 is 49.1 Å². The van der Waals surface area contributed by atoms with Gasteiger partial charge in [-0.3, -0.25) is 9.68 Å². The molecule has 1 aromatic carbocycles. The molecule has 0 bridgehead atoms. The summed E-state index contributed by atoms with van der Waals surface area (Å²) >= 11 is 6.29. The molecule has 6 rings (SSSR count). The average molecular weight is 890 g/mol. The smallest absolute Gasteiger partial charge is 0.545 e. The normalized spacial score (nSPS) is 22.5. The van der Waals surface area contributed by atoms with Gasteiger partial charge in [-0.25, -0.2) is 0 Å². The number of unbranched alkanes of at least 4 members (excludes halogenated alkanes) is 2. The monoisotopic (exact) mass is 889 g/mol. The molecule has 3 heterocycles. The standard InChI is InChI=1S/C48H79ClN8O4.Na/c1-11-13-27-54(35-30-45(3,4)56(46(5,6)31-35)60-37-21-17-15-18-22-37)43-51-42(50-34-25-26-40(49)39(29-34)41(58)59)52-44(53-43)55(28-14-12-2)36-32-47(7,8)57(48(9,10)33-36)61-38-23-19-16-20-24-38;/h25-26,29,35-38H,11-24,27-28,30-33H2,1-10H3,(H,58,59)(H,50,51,52,53);/q;+1/p-1. The van der Waals surface area contributed by atoms with Crippen molar-refractivity contribution in [1.29, 1.82) is 0 Å². The Morgan fingerprint density at radius 1 is 0.710 bits per heavy atom. The second-order valence-corrected chi connectivity index (χ2v) is 21.6. The minimum atomic E-state index is -1.34. The fourth-order valence-corrected chi connectivity index (χ4v) is 11.4. The van der Waals surface area contributed by atoms with Gasteiger partial charge >= 0.3 is 29.6 Å². The van der Waals surface area contributed by atoms with E-state index >= 15 is 0 Å². The van der Waals surface area contributed by atoms with E-state index in [4.69, 9.17) is 36.2 Å². The van der Waals surface area contributed by atoms with Gasteiger partial charge < -0.3 is 25.0 Å². The molecule has 0 spiro atoms. The van der Waals surface area contributed by atoms with Crippen LogP contribution in [0.25, 0.3) is 0 Å². The van der Waals surface area contributed by atoms with Gasteiger partial charge in [0, 0.05) is 63.6 Å². The van der Waals surface area contributed by atoms with E-state index in [1.165, 1.54) is 44.6 Å².